The number of nitrogens with zero attached hydrogens (tertiary/aromatic N) is 4. The monoisotopic (exact) mass is 334 g/mol. The lowest BCUT2D eigenvalue weighted by atomic mass is 10.2. The molecule has 24 heavy (non-hydrogen) atoms. The molecule has 4 rings (SSSR count). The Morgan fingerprint density at radius 3 is 2.54 bits per heavy atom. The number of aromatic nitrogens is 3. The summed E-state index contributed by atoms with van der Waals surface area (Å²) in [7, 11) is 0. The third-order valence-corrected chi connectivity index (χ3v) is 4.73. The quantitative estimate of drug-likeness (QED) is 0.412. The van der Waals surface area contributed by atoms with Crippen LogP contribution in [0.25, 0.3) is 21.8 Å². The van der Waals surface area contributed by atoms with Crippen LogP contribution in [0.15, 0.2) is 71.0 Å². The van der Waals surface area contributed by atoms with Gasteiger partial charge in [0.15, 0.2) is 0 Å². The Morgan fingerprint density at radius 1 is 0.958 bits per heavy atom. The van der Waals surface area contributed by atoms with Crippen LogP contribution >= 0.6 is 11.8 Å². The predicted octanol–water partition coefficient (Wildman–Crippen LogP) is 4.24. The Labute approximate surface area is 140 Å². The van der Waals surface area contributed by atoms with Crippen molar-refractivity contribution in [1.29, 1.82) is 0 Å². The summed E-state index contributed by atoms with van der Waals surface area (Å²) in [5.74, 6) is 0. The summed E-state index contributed by atoms with van der Waals surface area (Å²) in [6, 6.07) is 10.9. The van der Waals surface area contributed by atoms with Gasteiger partial charge in [0, 0.05) is 41.1 Å². The van der Waals surface area contributed by atoms with E-state index in [0.717, 1.165) is 15.7 Å². The molecule has 0 aliphatic carbocycles. The van der Waals surface area contributed by atoms with E-state index in [1.807, 2.05) is 24.3 Å². The van der Waals surface area contributed by atoms with Crippen LogP contribution in [-0.2, 0) is 0 Å². The number of hydrogen-bond acceptors (Lipinski definition) is 6. The Morgan fingerprint density at radius 2 is 1.75 bits per heavy atom. The first-order valence-corrected chi connectivity index (χ1v) is 7.94. The zero-order valence-electron chi connectivity index (χ0n) is 12.3. The average molecular weight is 334 g/mol. The summed E-state index contributed by atoms with van der Waals surface area (Å²) in [4.78, 5) is 25.0. The van der Waals surface area contributed by atoms with Crippen molar-refractivity contribution in [1.82, 2.24) is 15.0 Å². The SMILES string of the molecule is O=[N+]([O-])c1cc2nccnc2cc1Sc1cccc2cnccc12. The van der Waals surface area contributed by atoms with Gasteiger partial charge in [-0.25, -0.2) is 0 Å². The Bertz CT molecular complexity index is 1080. The van der Waals surface area contributed by atoms with Crippen molar-refractivity contribution in [3.8, 4) is 0 Å². The first-order valence-electron chi connectivity index (χ1n) is 7.12. The molecule has 4 aromatic rings. The topological polar surface area (TPSA) is 81.8 Å². The fourth-order valence-corrected chi connectivity index (χ4v) is 3.59. The van der Waals surface area contributed by atoms with Crippen molar-refractivity contribution in [3.63, 3.8) is 0 Å². The van der Waals surface area contributed by atoms with E-state index in [9.17, 15) is 10.1 Å². The number of benzene rings is 2. The lowest BCUT2D eigenvalue weighted by molar-refractivity contribution is -0.387. The second kappa shape index (κ2) is 5.86. The number of nitro groups is 1. The maximum absolute atomic E-state index is 11.5. The molecule has 7 heteroatoms. The number of pyridine rings is 1. The summed E-state index contributed by atoms with van der Waals surface area (Å²) in [5.41, 5.74) is 1.17. The van der Waals surface area contributed by atoms with Crippen LogP contribution in [0.4, 0.5) is 5.69 Å². The summed E-state index contributed by atoms with van der Waals surface area (Å²) in [5, 5.41) is 13.5. The van der Waals surface area contributed by atoms with Crippen LogP contribution in [0.3, 0.4) is 0 Å². The molecular formula is C17H10N4O2S. The largest absolute Gasteiger partial charge is 0.285 e. The van der Waals surface area contributed by atoms with Crippen molar-refractivity contribution in [2.45, 2.75) is 9.79 Å². The minimum atomic E-state index is -0.386. The van der Waals surface area contributed by atoms with Crippen molar-refractivity contribution < 1.29 is 4.92 Å². The molecule has 0 atom stereocenters. The minimum absolute atomic E-state index is 0.0269. The summed E-state index contributed by atoms with van der Waals surface area (Å²) in [6.07, 6.45) is 6.59. The first-order chi connectivity index (χ1) is 11.7. The lowest BCUT2D eigenvalue weighted by Gasteiger charge is -2.07. The van der Waals surface area contributed by atoms with E-state index in [-0.39, 0.29) is 10.6 Å². The van der Waals surface area contributed by atoms with Crippen molar-refractivity contribution >= 4 is 39.3 Å². The molecule has 2 heterocycles. The molecule has 0 saturated carbocycles. The highest BCUT2D eigenvalue weighted by Gasteiger charge is 2.18. The van der Waals surface area contributed by atoms with E-state index in [1.165, 1.54) is 24.0 Å². The Balaban J connectivity index is 1.89. The van der Waals surface area contributed by atoms with E-state index < -0.39 is 0 Å². The fraction of sp³-hybridized carbons (Fsp3) is 0. The van der Waals surface area contributed by atoms with Crippen LogP contribution in [0, 0.1) is 10.1 Å². The van der Waals surface area contributed by atoms with Crippen LogP contribution in [-0.4, -0.2) is 19.9 Å². The predicted molar refractivity (Wildman–Crippen MR) is 92.1 cm³/mol. The van der Waals surface area contributed by atoms with Gasteiger partial charge in [0.1, 0.15) is 0 Å². The normalized spacial score (nSPS) is 11.0. The van der Waals surface area contributed by atoms with Gasteiger partial charge < -0.3 is 0 Å². The zero-order valence-corrected chi connectivity index (χ0v) is 13.1. The van der Waals surface area contributed by atoms with Crippen LogP contribution in [0.1, 0.15) is 0 Å². The van der Waals surface area contributed by atoms with Crippen LogP contribution < -0.4 is 0 Å². The van der Waals surface area contributed by atoms with Gasteiger partial charge in [-0.05, 0) is 23.6 Å². The molecule has 6 nitrogen and oxygen atoms in total. The molecule has 0 unspecified atom stereocenters. The molecule has 0 amide bonds. The van der Waals surface area contributed by atoms with Crippen molar-refractivity contribution in [3.05, 3.63) is 71.3 Å². The summed E-state index contributed by atoms with van der Waals surface area (Å²) >= 11 is 1.35. The van der Waals surface area contributed by atoms with E-state index in [4.69, 9.17) is 0 Å². The number of fused-ring (bicyclic) bond motifs is 2. The highest BCUT2D eigenvalue weighted by Crippen LogP contribution is 2.39. The highest BCUT2D eigenvalue weighted by atomic mass is 32.2. The van der Waals surface area contributed by atoms with Gasteiger partial charge >= 0.3 is 0 Å². The van der Waals surface area contributed by atoms with Gasteiger partial charge in [-0.2, -0.15) is 0 Å². The van der Waals surface area contributed by atoms with Gasteiger partial charge in [-0.1, -0.05) is 23.9 Å². The van der Waals surface area contributed by atoms with Crippen molar-refractivity contribution in [2.75, 3.05) is 0 Å². The molecule has 2 aromatic heterocycles. The molecule has 0 aliphatic rings. The average Bonchev–Trinajstić information content (AvgIpc) is 2.61. The summed E-state index contributed by atoms with van der Waals surface area (Å²) < 4.78 is 0. The molecule has 2 aromatic carbocycles. The molecule has 0 aliphatic heterocycles. The third-order valence-electron chi connectivity index (χ3n) is 3.61. The first kappa shape index (κ1) is 14.5. The van der Waals surface area contributed by atoms with Gasteiger partial charge in [0.05, 0.1) is 20.9 Å². The molecule has 0 radical (unpaired) electrons. The maximum atomic E-state index is 11.5. The van der Waals surface area contributed by atoms with Crippen molar-refractivity contribution in [2.24, 2.45) is 0 Å². The summed E-state index contributed by atoms with van der Waals surface area (Å²) in [6.45, 7) is 0. The maximum Gasteiger partial charge on any atom is 0.285 e. The van der Waals surface area contributed by atoms with E-state index >= 15 is 0 Å². The Hall–Kier alpha value is -3.06. The fourth-order valence-electron chi connectivity index (χ4n) is 2.51. The number of nitro benzene ring substituents is 1. The van der Waals surface area contributed by atoms with Gasteiger partial charge in [0.25, 0.3) is 5.69 Å². The molecule has 0 fully saturated rings. The Kier molecular flexibility index (Phi) is 3.55. The second-order valence-electron chi connectivity index (χ2n) is 5.08. The zero-order chi connectivity index (χ0) is 16.5. The number of hydrogen-bond donors (Lipinski definition) is 0. The smallest absolute Gasteiger partial charge is 0.264 e. The highest BCUT2D eigenvalue weighted by molar-refractivity contribution is 7.99. The standard InChI is InChI=1S/C17H10N4O2S/c22-21(23)15-8-13-14(20-7-6-19-13)9-17(15)24-16-3-1-2-11-10-18-5-4-12(11)16/h1-10H. The van der Waals surface area contributed by atoms with Crippen LogP contribution in [0.5, 0.6) is 0 Å². The van der Waals surface area contributed by atoms with E-state index in [0.29, 0.717) is 15.9 Å². The van der Waals surface area contributed by atoms with Gasteiger partial charge in [0.2, 0.25) is 0 Å². The molecule has 116 valence electrons. The molecule has 0 N–H and O–H groups in total. The van der Waals surface area contributed by atoms with E-state index in [2.05, 4.69) is 15.0 Å². The molecule has 0 saturated heterocycles. The third kappa shape index (κ3) is 2.55. The second-order valence-corrected chi connectivity index (χ2v) is 6.16. The lowest BCUT2D eigenvalue weighted by Crippen LogP contribution is -1.93. The molecule has 0 bridgehead atoms. The van der Waals surface area contributed by atoms with Gasteiger partial charge in [-0.3, -0.25) is 25.1 Å². The van der Waals surface area contributed by atoms with Gasteiger partial charge in [-0.15, -0.1) is 0 Å². The molecule has 0 spiro atoms. The number of rotatable bonds is 3. The van der Waals surface area contributed by atoms with Crippen LogP contribution in [0.2, 0.25) is 0 Å². The van der Waals surface area contributed by atoms with E-state index in [1.54, 1.807) is 24.7 Å². The minimum Gasteiger partial charge on any atom is -0.264 e. The molecular weight excluding hydrogens is 324 g/mol.